The zero-order valence-corrected chi connectivity index (χ0v) is 56.2. The highest BCUT2D eigenvalue weighted by molar-refractivity contribution is 5.71. The molecule has 0 aromatic carbocycles. The van der Waals surface area contributed by atoms with Gasteiger partial charge >= 0.3 is 17.9 Å². The van der Waals surface area contributed by atoms with Crippen molar-refractivity contribution in [1.29, 1.82) is 0 Å². The van der Waals surface area contributed by atoms with Crippen molar-refractivity contribution in [3.8, 4) is 0 Å². The Morgan fingerprint density at radius 3 is 0.675 bits per heavy atom. The van der Waals surface area contributed by atoms with Crippen molar-refractivity contribution < 1.29 is 28.6 Å². The Bertz CT molecular complexity index is 1380. The average molecular weight is 1170 g/mol. The SMILES string of the molecule is CCCCCCC/C=C\C/C=C\CCCCCCCCCCCCCCCCCC(=O)OCC(COC(=O)CCCCCCC/C=C\CCCCCCCCC)OC(=O)CCCCCCCCCCCCCCCCCCCCCCCC. The Labute approximate surface area is 518 Å². The normalized spacial score (nSPS) is 12.2. The summed E-state index contributed by atoms with van der Waals surface area (Å²) in [6.45, 7) is 6.71. The summed E-state index contributed by atoms with van der Waals surface area (Å²) in [5.74, 6) is -0.844. The number of rotatable bonds is 70. The third kappa shape index (κ3) is 70.3. The molecule has 0 aliphatic rings. The summed E-state index contributed by atoms with van der Waals surface area (Å²) < 4.78 is 17.0. The van der Waals surface area contributed by atoms with Crippen LogP contribution in [-0.2, 0) is 28.6 Å². The van der Waals surface area contributed by atoms with Gasteiger partial charge in [-0.15, -0.1) is 0 Å². The molecule has 0 spiro atoms. The van der Waals surface area contributed by atoms with Gasteiger partial charge in [-0.25, -0.2) is 0 Å². The number of allylic oxidation sites excluding steroid dienone is 6. The first-order valence-corrected chi connectivity index (χ1v) is 37.5. The molecule has 1 atom stereocenters. The molecule has 0 aromatic heterocycles. The highest BCUT2D eigenvalue weighted by Crippen LogP contribution is 2.19. The molecule has 0 bridgehead atoms. The fraction of sp³-hybridized carbons (Fsp3) is 0.883. The summed E-state index contributed by atoms with van der Waals surface area (Å²) in [5.41, 5.74) is 0. The number of hydrogen-bond acceptors (Lipinski definition) is 6. The minimum Gasteiger partial charge on any atom is -0.462 e. The van der Waals surface area contributed by atoms with E-state index in [1.807, 2.05) is 0 Å². The molecule has 0 fully saturated rings. The van der Waals surface area contributed by atoms with E-state index in [1.54, 1.807) is 0 Å². The molecule has 1 unspecified atom stereocenters. The molecule has 0 saturated heterocycles. The number of unbranched alkanes of at least 4 members (excludes halogenated alkanes) is 53. The predicted molar refractivity (Wildman–Crippen MR) is 362 cm³/mol. The van der Waals surface area contributed by atoms with Crippen LogP contribution in [0.4, 0.5) is 0 Å². The molecule has 0 amide bonds. The Morgan fingerprint density at radius 1 is 0.241 bits per heavy atom. The Kier molecular flexibility index (Phi) is 70.0. The van der Waals surface area contributed by atoms with Gasteiger partial charge in [0.15, 0.2) is 6.10 Å². The van der Waals surface area contributed by atoms with Crippen LogP contribution in [0.3, 0.4) is 0 Å². The number of carbonyl (C=O) groups excluding carboxylic acids is 3. The molecule has 6 heteroatoms. The molecule has 0 aromatic rings. The molecule has 6 nitrogen and oxygen atoms in total. The number of ether oxygens (including phenoxy) is 3. The van der Waals surface area contributed by atoms with E-state index >= 15 is 0 Å². The maximum atomic E-state index is 13.0. The molecule has 0 aliphatic heterocycles. The van der Waals surface area contributed by atoms with Gasteiger partial charge in [0.05, 0.1) is 0 Å². The lowest BCUT2D eigenvalue weighted by atomic mass is 10.0. The Balaban J connectivity index is 4.26. The van der Waals surface area contributed by atoms with Gasteiger partial charge in [-0.05, 0) is 77.0 Å². The van der Waals surface area contributed by atoms with Gasteiger partial charge in [-0.3, -0.25) is 14.4 Å². The first-order chi connectivity index (χ1) is 41.0. The maximum absolute atomic E-state index is 13.0. The Morgan fingerprint density at radius 2 is 0.434 bits per heavy atom. The van der Waals surface area contributed by atoms with Gasteiger partial charge in [0, 0.05) is 19.3 Å². The monoisotopic (exact) mass is 1170 g/mol. The van der Waals surface area contributed by atoms with Crippen LogP contribution >= 0.6 is 0 Å². The van der Waals surface area contributed by atoms with Crippen LogP contribution in [0.5, 0.6) is 0 Å². The zero-order chi connectivity index (χ0) is 59.9. The van der Waals surface area contributed by atoms with E-state index in [-0.39, 0.29) is 31.1 Å². The smallest absolute Gasteiger partial charge is 0.306 e. The minimum atomic E-state index is -0.774. The zero-order valence-electron chi connectivity index (χ0n) is 56.2. The standard InChI is InChI=1S/C77H144O6/c1-4-7-10-13-16-19-22-25-28-31-33-35-37-38-39-40-41-43-44-46-49-52-55-58-61-64-67-70-76(79)82-73-74(72-81-75(78)69-66-63-60-57-54-51-48-30-27-24-21-18-15-12-9-6-3)83-77(80)71-68-65-62-59-56-53-50-47-45-42-36-34-32-29-26-23-20-17-14-11-8-5-2/h22,25,30-31,33,48,74H,4-21,23-24,26-29,32,34-47,49-73H2,1-3H3/b25-22-,33-31-,48-30-. The summed E-state index contributed by atoms with van der Waals surface area (Å²) in [6, 6.07) is 0. The largest absolute Gasteiger partial charge is 0.462 e. The van der Waals surface area contributed by atoms with E-state index in [1.165, 1.54) is 308 Å². The van der Waals surface area contributed by atoms with Crippen molar-refractivity contribution in [2.24, 2.45) is 0 Å². The summed E-state index contributed by atoms with van der Waals surface area (Å²) in [7, 11) is 0. The first kappa shape index (κ1) is 80.6. The fourth-order valence-electron chi connectivity index (χ4n) is 11.5. The first-order valence-electron chi connectivity index (χ1n) is 37.5. The molecular weight excluding hydrogens is 1020 g/mol. The summed E-state index contributed by atoms with van der Waals surface area (Å²) in [6.07, 6.45) is 90.4. The third-order valence-electron chi connectivity index (χ3n) is 17.1. The predicted octanol–water partition coefficient (Wildman–Crippen LogP) is 25.9. The molecule has 0 aliphatic carbocycles. The van der Waals surface area contributed by atoms with Gasteiger partial charge in [-0.2, -0.15) is 0 Å². The van der Waals surface area contributed by atoms with Gasteiger partial charge in [-0.1, -0.05) is 359 Å². The van der Waals surface area contributed by atoms with Crippen molar-refractivity contribution in [3.63, 3.8) is 0 Å². The number of carbonyl (C=O) groups is 3. The van der Waals surface area contributed by atoms with E-state index < -0.39 is 6.10 Å². The molecular formula is C77H144O6. The lowest BCUT2D eigenvalue weighted by Gasteiger charge is -2.18. The maximum Gasteiger partial charge on any atom is 0.306 e. The van der Waals surface area contributed by atoms with Crippen molar-refractivity contribution in [1.82, 2.24) is 0 Å². The molecule has 0 saturated carbocycles. The van der Waals surface area contributed by atoms with Crippen molar-refractivity contribution in [2.75, 3.05) is 13.2 Å². The quantitative estimate of drug-likeness (QED) is 0.0261. The summed E-state index contributed by atoms with van der Waals surface area (Å²) in [5, 5.41) is 0. The molecule has 0 heterocycles. The topological polar surface area (TPSA) is 78.9 Å². The van der Waals surface area contributed by atoms with Crippen LogP contribution < -0.4 is 0 Å². The number of hydrogen-bond donors (Lipinski definition) is 0. The highest BCUT2D eigenvalue weighted by atomic mass is 16.6. The highest BCUT2D eigenvalue weighted by Gasteiger charge is 2.20. The lowest BCUT2D eigenvalue weighted by Crippen LogP contribution is -2.30. The molecule has 0 radical (unpaired) electrons. The third-order valence-corrected chi connectivity index (χ3v) is 17.1. The van der Waals surface area contributed by atoms with Crippen molar-refractivity contribution >= 4 is 17.9 Å². The van der Waals surface area contributed by atoms with Gasteiger partial charge in [0.25, 0.3) is 0 Å². The fourth-order valence-corrected chi connectivity index (χ4v) is 11.5. The minimum absolute atomic E-state index is 0.0691. The molecule has 83 heavy (non-hydrogen) atoms. The van der Waals surface area contributed by atoms with Gasteiger partial charge in [0.1, 0.15) is 13.2 Å². The second-order valence-corrected chi connectivity index (χ2v) is 25.6. The van der Waals surface area contributed by atoms with E-state index in [0.29, 0.717) is 19.3 Å². The van der Waals surface area contributed by atoms with Crippen molar-refractivity contribution in [2.45, 2.75) is 425 Å². The van der Waals surface area contributed by atoms with Crippen molar-refractivity contribution in [3.05, 3.63) is 36.5 Å². The van der Waals surface area contributed by atoms with E-state index in [4.69, 9.17) is 14.2 Å². The second-order valence-electron chi connectivity index (χ2n) is 25.6. The summed E-state index contributed by atoms with van der Waals surface area (Å²) >= 11 is 0. The number of esters is 3. The second kappa shape index (κ2) is 72.1. The van der Waals surface area contributed by atoms with Crippen LogP contribution in [0.1, 0.15) is 419 Å². The van der Waals surface area contributed by atoms with E-state index in [0.717, 1.165) is 70.6 Å². The van der Waals surface area contributed by atoms with Gasteiger partial charge < -0.3 is 14.2 Å². The van der Waals surface area contributed by atoms with E-state index in [9.17, 15) is 14.4 Å². The van der Waals surface area contributed by atoms with E-state index in [2.05, 4.69) is 57.2 Å². The molecule has 488 valence electrons. The van der Waals surface area contributed by atoms with Gasteiger partial charge in [0.2, 0.25) is 0 Å². The van der Waals surface area contributed by atoms with Crippen LogP contribution in [0, 0.1) is 0 Å². The average Bonchev–Trinajstić information content (AvgIpc) is 3.49. The van der Waals surface area contributed by atoms with Crippen LogP contribution in [-0.4, -0.2) is 37.2 Å². The van der Waals surface area contributed by atoms with Crippen LogP contribution in [0.2, 0.25) is 0 Å². The summed E-state index contributed by atoms with van der Waals surface area (Å²) in [4.78, 5) is 38.5. The Hall–Kier alpha value is -2.37. The van der Waals surface area contributed by atoms with Crippen LogP contribution in [0.15, 0.2) is 36.5 Å². The van der Waals surface area contributed by atoms with Crippen LogP contribution in [0.25, 0.3) is 0 Å². The lowest BCUT2D eigenvalue weighted by molar-refractivity contribution is -0.167. The molecule has 0 N–H and O–H groups in total. The molecule has 0 rings (SSSR count).